The van der Waals surface area contributed by atoms with Crippen LogP contribution in [0.2, 0.25) is 0 Å². The maximum Gasteiger partial charge on any atom is 0.256 e. The second-order valence-corrected chi connectivity index (χ2v) is 8.18. The number of benzene rings is 1. The van der Waals surface area contributed by atoms with Crippen molar-refractivity contribution in [3.63, 3.8) is 0 Å². The van der Waals surface area contributed by atoms with Gasteiger partial charge < -0.3 is 30.6 Å². The molecule has 170 valence electrons. The van der Waals surface area contributed by atoms with E-state index in [1.165, 1.54) is 12.1 Å². The molecule has 0 saturated carbocycles. The lowest BCUT2D eigenvalue weighted by Crippen LogP contribution is -2.44. The number of aromatic amines is 1. The molecule has 1 aromatic carbocycles. The number of phenols is 1. The van der Waals surface area contributed by atoms with Gasteiger partial charge in [-0.15, -0.1) is 0 Å². The molecule has 9 nitrogen and oxygen atoms in total. The third-order valence-corrected chi connectivity index (χ3v) is 5.85. The molecular formula is C23H28N4O5. The van der Waals surface area contributed by atoms with Gasteiger partial charge >= 0.3 is 0 Å². The Morgan fingerprint density at radius 2 is 2.06 bits per heavy atom. The van der Waals surface area contributed by atoms with Crippen molar-refractivity contribution in [3.05, 3.63) is 46.3 Å². The molecule has 0 bridgehead atoms. The lowest BCUT2D eigenvalue weighted by Gasteiger charge is -2.28. The zero-order chi connectivity index (χ0) is 22.8. The van der Waals surface area contributed by atoms with E-state index in [0.29, 0.717) is 59.1 Å². The van der Waals surface area contributed by atoms with Crippen LogP contribution in [0.5, 0.6) is 5.75 Å². The molecule has 32 heavy (non-hydrogen) atoms. The zero-order valence-electron chi connectivity index (χ0n) is 18.2. The van der Waals surface area contributed by atoms with Crippen LogP contribution >= 0.6 is 0 Å². The molecule has 0 radical (unpaired) electrons. The fourth-order valence-electron chi connectivity index (χ4n) is 4.17. The zero-order valence-corrected chi connectivity index (χ0v) is 18.2. The molecule has 0 spiro atoms. The van der Waals surface area contributed by atoms with Gasteiger partial charge in [0, 0.05) is 48.8 Å². The van der Waals surface area contributed by atoms with Gasteiger partial charge in [0.15, 0.2) is 0 Å². The highest BCUT2D eigenvalue weighted by atomic mass is 16.5. The van der Waals surface area contributed by atoms with Crippen LogP contribution < -0.4 is 10.6 Å². The average Bonchev–Trinajstić information content (AvgIpc) is 3.22. The Labute approximate surface area is 186 Å². The number of carbonyl (C=O) groups excluding carboxylic acids is 2. The highest BCUT2D eigenvalue weighted by Gasteiger charge is 2.26. The maximum absolute atomic E-state index is 12.8. The number of hydrogen-bond acceptors (Lipinski definition) is 6. The molecule has 1 atom stereocenters. The van der Waals surface area contributed by atoms with E-state index in [2.05, 4.69) is 20.5 Å². The number of ether oxygens (including phenoxy) is 1. The van der Waals surface area contributed by atoms with E-state index < -0.39 is 6.10 Å². The first-order valence-corrected chi connectivity index (χ1v) is 10.7. The third-order valence-electron chi connectivity index (χ3n) is 5.85. The molecule has 2 aliphatic heterocycles. The van der Waals surface area contributed by atoms with Crippen LogP contribution in [0.4, 0.5) is 5.69 Å². The molecular weight excluding hydrogens is 412 g/mol. The summed E-state index contributed by atoms with van der Waals surface area (Å²) in [6.07, 6.45) is 1.01. The summed E-state index contributed by atoms with van der Waals surface area (Å²) in [7, 11) is 0. The van der Waals surface area contributed by atoms with Gasteiger partial charge in [0.25, 0.3) is 11.8 Å². The Hall–Kier alpha value is -3.14. The SMILES string of the molecule is Cc1[nH]c(/C=C2\C(=O)Nc3ccc(O)cc32)c(C)c1C(=O)NCC(O)CN1CCOCC1. The molecule has 9 heteroatoms. The number of nitrogens with one attached hydrogen (secondary N) is 3. The molecule has 5 N–H and O–H groups in total. The number of amides is 2. The van der Waals surface area contributed by atoms with Crippen LogP contribution in [-0.2, 0) is 9.53 Å². The fraction of sp³-hybridized carbons (Fsp3) is 0.391. The standard InChI is InChI=1S/C23H28N4O5/c1-13-20(10-18-17-9-15(28)3-4-19(17)26-22(18)30)25-14(2)21(13)23(31)24-11-16(29)12-27-5-7-32-8-6-27/h3-4,9-10,16,25,28-29H,5-8,11-12H2,1-2H3,(H,24,31)(H,26,30)/b18-10-. The first-order chi connectivity index (χ1) is 15.3. The Morgan fingerprint density at radius 3 is 2.81 bits per heavy atom. The molecule has 1 aromatic heterocycles. The number of fused-ring (bicyclic) bond motifs is 1. The number of morpholine rings is 1. The lowest BCUT2D eigenvalue weighted by atomic mass is 10.0. The molecule has 2 aliphatic rings. The van der Waals surface area contributed by atoms with Gasteiger partial charge in [0.1, 0.15) is 5.75 Å². The highest BCUT2D eigenvalue weighted by Crippen LogP contribution is 2.36. The number of anilines is 1. The van der Waals surface area contributed by atoms with E-state index >= 15 is 0 Å². The summed E-state index contributed by atoms with van der Waals surface area (Å²) in [6.45, 7) is 7.08. The van der Waals surface area contributed by atoms with Crippen LogP contribution in [0.25, 0.3) is 11.6 Å². The quantitative estimate of drug-likeness (QED) is 0.340. The summed E-state index contributed by atoms with van der Waals surface area (Å²) in [5, 5.41) is 25.7. The normalized spacial score (nSPS) is 18.5. The Morgan fingerprint density at radius 1 is 1.31 bits per heavy atom. The third kappa shape index (κ3) is 4.55. The summed E-state index contributed by atoms with van der Waals surface area (Å²) in [4.78, 5) is 30.5. The van der Waals surface area contributed by atoms with Gasteiger partial charge in [-0.2, -0.15) is 0 Å². The number of aliphatic hydroxyl groups excluding tert-OH is 1. The number of β-amino-alcohol motifs (C(OH)–C–C–N with tert-alkyl or cyclic N) is 1. The summed E-state index contributed by atoms with van der Waals surface area (Å²) in [5.41, 5.74) is 4.16. The van der Waals surface area contributed by atoms with Crippen molar-refractivity contribution in [2.75, 3.05) is 44.7 Å². The molecule has 1 fully saturated rings. The minimum Gasteiger partial charge on any atom is -0.508 e. The van der Waals surface area contributed by atoms with E-state index in [4.69, 9.17) is 4.74 Å². The number of phenolic OH excluding ortho intramolecular Hbond substituents is 1. The number of aliphatic hydroxyl groups is 1. The second kappa shape index (κ2) is 9.15. The van der Waals surface area contributed by atoms with Gasteiger partial charge in [-0.1, -0.05) is 0 Å². The first kappa shape index (κ1) is 22.1. The van der Waals surface area contributed by atoms with Crippen LogP contribution in [0, 0.1) is 13.8 Å². The van der Waals surface area contributed by atoms with Crippen LogP contribution in [0.15, 0.2) is 18.2 Å². The summed E-state index contributed by atoms with van der Waals surface area (Å²) in [6, 6.07) is 4.70. The second-order valence-electron chi connectivity index (χ2n) is 8.18. The maximum atomic E-state index is 12.8. The minimum atomic E-state index is -0.676. The summed E-state index contributed by atoms with van der Waals surface area (Å²) in [5.74, 6) is -0.480. The lowest BCUT2D eigenvalue weighted by molar-refractivity contribution is -0.110. The summed E-state index contributed by atoms with van der Waals surface area (Å²) < 4.78 is 5.31. The summed E-state index contributed by atoms with van der Waals surface area (Å²) >= 11 is 0. The number of H-pyrrole nitrogens is 1. The predicted octanol–water partition coefficient (Wildman–Crippen LogP) is 1.25. The highest BCUT2D eigenvalue weighted by molar-refractivity contribution is 6.35. The monoisotopic (exact) mass is 440 g/mol. The largest absolute Gasteiger partial charge is 0.508 e. The van der Waals surface area contributed by atoms with Crippen LogP contribution in [0.1, 0.15) is 32.9 Å². The molecule has 4 rings (SSSR count). The van der Waals surface area contributed by atoms with Crippen molar-refractivity contribution >= 4 is 29.2 Å². The molecule has 1 unspecified atom stereocenters. The van der Waals surface area contributed by atoms with E-state index in [9.17, 15) is 19.8 Å². The van der Waals surface area contributed by atoms with Gasteiger partial charge in [-0.25, -0.2) is 0 Å². The van der Waals surface area contributed by atoms with Crippen molar-refractivity contribution < 1.29 is 24.5 Å². The van der Waals surface area contributed by atoms with Crippen LogP contribution in [0.3, 0.4) is 0 Å². The van der Waals surface area contributed by atoms with Gasteiger partial charge in [0.05, 0.1) is 30.5 Å². The van der Waals surface area contributed by atoms with E-state index in [1.54, 1.807) is 19.1 Å². The minimum absolute atomic E-state index is 0.0706. The Bertz CT molecular complexity index is 1070. The van der Waals surface area contributed by atoms with Crippen molar-refractivity contribution in [1.82, 2.24) is 15.2 Å². The van der Waals surface area contributed by atoms with E-state index in [-0.39, 0.29) is 24.1 Å². The smallest absolute Gasteiger partial charge is 0.256 e. The topological polar surface area (TPSA) is 127 Å². The fourth-order valence-corrected chi connectivity index (χ4v) is 4.17. The Balaban J connectivity index is 1.47. The van der Waals surface area contributed by atoms with E-state index in [0.717, 1.165) is 13.1 Å². The van der Waals surface area contributed by atoms with Crippen LogP contribution in [-0.4, -0.2) is 77.4 Å². The van der Waals surface area contributed by atoms with Gasteiger partial charge in [-0.3, -0.25) is 14.5 Å². The number of aryl methyl sites for hydroxylation is 1. The number of rotatable bonds is 6. The van der Waals surface area contributed by atoms with Crippen molar-refractivity contribution in [1.29, 1.82) is 0 Å². The molecule has 2 amide bonds. The van der Waals surface area contributed by atoms with E-state index in [1.807, 2.05) is 6.92 Å². The average molecular weight is 441 g/mol. The molecule has 3 heterocycles. The van der Waals surface area contributed by atoms with Gasteiger partial charge in [0.2, 0.25) is 0 Å². The number of aromatic nitrogens is 1. The van der Waals surface area contributed by atoms with Crippen molar-refractivity contribution in [2.24, 2.45) is 0 Å². The number of nitrogens with zero attached hydrogens (tertiary/aromatic N) is 1. The molecule has 1 saturated heterocycles. The number of aromatic hydroxyl groups is 1. The Kier molecular flexibility index (Phi) is 6.31. The predicted molar refractivity (Wildman–Crippen MR) is 120 cm³/mol. The molecule has 0 aliphatic carbocycles. The van der Waals surface area contributed by atoms with Crippen molar-refractivity contribution in [3.8, 4) is 5.75 Å². The van der Waals surface area contributed by atoms with Crippen molar-refractivity contribution in [2.45, 2.75) is 20.0 Å². The number of hydrogen-bond donors (Lipinski definition) is 5. The van der Waals surface area contributed by atoms with Gasteiger partial charge in [-0.05, 0) is 43.7 Å². The molecule has 2 aromatic rings. The number of carbonyl (C=O) groups is 2. The first-order valence-electron chi connectivity index (χ1n) is 10.7.